The van der Waals surface area contributed by atoms with Crippen LogP contribution in [0.15, 0.2) is 46.8 Å². The monoisotopic (exact) mass is 333 g/mol. The van der Waals surface area contributed by atoms with Gasteiger partial charge in [0.2, 0.25) is 0 Å². The molecule has 0 saturated carbocycles. The average molecular weight is 333 g/mol. The van der Waals surface area contributed by atoms with E-state index in [1.54, 1.807) is 25.5 Å². The molecule has 6 heteroatoms. The van der Waals surface area contributed by atoms with Crippen molar-refractivity contribution in [2.45, 2.75) is 13.0 Å². The van der Waals surface area contributed by atoms with Crippen LogP contribution >= 0.6 is 11.3 Å². The van der Waals surface area contributed by atoms with Gasteiger partial charge in [0.1, 0.15) is 5.75 Å². The molecule has 0 unspecified atom stereocenters. The quantitative estimate of drug-likeness (QED) is 0.442. The Hall–Kier alpha value is -2.05. The Morgan fingerprint density at radius 1 is 1.22 bits per heavy atom. The zero-order chi connectivity index (χ0) is 16.3. The molecule has 1 aromatic carbocycles. The smallest absolute Gasteiger partial charge is 0.195 e. The molecule has 1 aromatic heterocycles. The Bertz CT molecular complexity index is 600. The van der Waals surface area contributed by atoms with Crippen LogP contribution in [0, 0.1) is 0 Å². The van der Waals surface area contributed by atoms with Crippen LogP contribution in [0.1, 0.15) is 11.3 Å². The van der Waals surface area contributed by atoms with E-state index in [0.717, 1.165) is 30.4 Å². The largest absolute Gasteiger partial charge is 0.493 e. The van der Waals surface area contributed by atoms with Gasteiger partial charge in [0, 0.05) is 43.8 Å². The van der Waals surface area contributed by atoms with E-state index in [1.807, 2.05) is 30.3 Å². The van der Waals surface area contributed by atoms with Gasteiger partial charge >= 0.3 is 0 Å². The SMILES string of the molecule is CN=C(NCc1cccs1)Nc1cccc(OCCCOC)c1. The van der Waals surface area contributed by atoms with E-state index in [-0.39, 0.29) is 0 Å². The van der Waals surface area contributed by atoms with Crippen LogP contribution in [0.2, 0.25) is 0 Å². The van der Waals surface area contributed by atoms with E-state index in [2.05, 4.69) is 27.1 Å². The number of aliphatic imine (C=N–C) groups is 1. The van der Waals surface area contributed by atoms with Gasteiger partial charge in [-0.25, -0.2) is 0 Å². The minimum Gasteiger partial charge on any atom is -0.493 e. The average Bonchev–Trinajstić information content (AvgIpc) is 3.09. The van der Waals surface area contributed by atoms with E-state index >= 15 is 0 Å². The number of guanidine groups is 1. The van der Waals surface area contributed by atoms with Crippen molar-refractivity contribution in [3.63, 3.8) is 0 Å². The van der Waals surface area contributed by atoms with E-state index in [9.17, 15) is 0 Å². The fraction of sp³-hybridized carbons (Fsp3) is 0.353. The van der Waals surface area contributed by atoms with E-state index in [0.29, 0.717) is 13.2 Å². The first-order valence-corrected chi connectivity index (χ1v) is 8.41. The summed E-state index contributed by atoms with van der Waals surface area (Å²) in [6, 6.07) is 12.0. The van der Waals surface area contributed by atoms with Crippen LogP contribution in [-0.2, 0) is 11.3 Å². The highest BCUT2D eigenvalue weighted by Gasteiger charge is 2.02. The summed E-state index contributed by atoms with van der Waals surface area (Å²) in [4.78, 5) is 5.51. The van der Waals surface area contributed by atoms with Gasteiger partial charge in [-0.1, -0.05) is 12.1 Å². The zero-order valence-corrected chi connectivity index (χ0v) is 14.4. The highest BCUT2D eigenvalue weighted by Crippen LogP contribution is 2.17. The van der Waals surface area contributed by atoms with Crippen molar-refractivity contribution in [3.05, 3.63) is 46.7 Å². The van der Waals surface area contributed by atoms with Crippen LogP contribution in [0.4, 0.5) is 5.69 Å². The fourth-order valence-electron chi connectivity index (χ4n) is 1.96. The van der Waals surface area contributed by atoms with Gasteiger partial charge in [0.25, 0.3) is 0 Å². The van der Waals surface area contributed by atoms with Gasteiger partial charge in [0.05, 0.1) is 13.2 Å². The first-order chi connectivity index (χ1) is 11.3. The summed E-state index contributed by atoms with van der Waals surface area (Å²) >= 11 is 1.72. The standard InChI is InChI=1S/C17H23N3O2S/c1-18-17(19-13-16-8-4-11-23-16)20-14-6-3-7-15(12-14)22-10-5-9-21-2/h3-4,6-8,11-12H,5,9-10,13H2,1-2H3,(H2,18,19,20). The number of hydrogen-bond donors (Lipinski definition) is 2. The van der Waals surface area contributed by atoms with Crippen molar-refractivity contribution in [3.8, 4) is 5.75 Å². The molecule has 124 valence electrons. The van der Waals surface area contributed by atoms with Crippen LogP contribution in [-0.4, -0.2) is 33.3 Å². The summed E-state index contributed by atoms with van der Waals surface area (Å²) in [5.74, 6) is 1.56. The topological polar surface area (TPSA) is 54.9 Å². The predicted octanol–water partition coefficient (Wildman–Crippen LogP) is 3.35. The third kappa shape index (κ3) is 6.30. The minimum atomic E-state index is 0.642. The highest BCUT2D eigenvalue weighted by atomic mass is 32.1. The van der Waals surface area contributed by atoms with Crippen molar-refractivity contribution in [2.24, 2.45) is 4.99 Å². The van der Waals surface area contributed by atoms with Gasteiger partial charge < -0.3 is 20.1 Å². The fourth-order valence-corrected chi connectivity index (χ4v) is 2.60. The van der Waals surface area contributed by atoms with Crippen molar-refractivity contribution >= 4 is 23.0 Å². The number of ether oxygens (including phenoxy) is 2. The number of methoxy groups -OCH3 is 1. The van der Waals surface area contributed by atoms with E-state index in [4.69, 9.17) is 9.47 Å². The molecular weight excluding hydrogens is 310 g/mol. The Morgan fingerprint density at radius 2 is 2.13 bits per heavy atom. The number of nitrogens with zero attached hydrogens (tertiary/aromatic N) is 1. The molecule has 0 atom stereocenters. The van der Waals surface area contributed by atoms with E-state index in [1.165, 1.54) is 4.88 Å². The van der Waals surface area contributed by atoms with Crippen LogP contribution < -0.4 is 15.4 Å². The molecule has 0 spiro atoms. The zero-order valence-electron chi connectivity index (χ0n) is 13.5. The number of thiophene rings is 1. The summed E-state index contributed by atoms with van der Waals surface area (Å²) in [5, 5.41) is 8.63. The van der Waals surface area contributed by atoms with Crippen molar-refractivity contribution < 1.29 is 9.47 Å². The Morgan fingerprint density at radius 3 is 2.87 bits per heavy atom. The summed E-state index contributed by atoms with van der Waals surface area (Å²) in [6.45, 7) is 2.10. The lowest BCUT2D eigenvalue weighted by Crippen LogP contribution is -2.29. The molecule has 2 N–H and O–H groups in total. The predicted molar refractivity (Wildman–Crippen MR) is 96.6 cm³/mol. The molecule has 0 aliphatic rings. The van der Waals surface area contributed by atoms with Gasteiger partial charge in [-0.2, -0.15) is 0 Å². The lowest BCUT2D eigenvalue weighted by atomic mass is 10.3. The van der Waals surface area contributed by atoms with Crippen molar-refractivity contribution in [2.75, 3.05) is 32.7 Å². The summed E-state index contributed by atoms with van der Waals surface area (Å²) in [6.07, 6.45) is 0.873. The molecule has 0 aliphatic carbocycles. The molecule has 0 saturated heterocycles. The van der Waals surface area contributed by atoms with Crippen molar-refractivity contribution in [1.82, 2.24) is 5.32 Å². The van der Waals surface area contributed by atoms with Gasteiger partial charge in [-0.15, -0.1) is 11.3 Å². The molecule has 0 bridgehead atoms. The molecule has 0 fully saturated rings. The lowest BCUT2D eigenvalue weighted by Gasteiger charge is -2.12. The second kappa shape index (κ2) is 9.86. The molecule has 2 rings (SSSR count). The first-order valence-electron chi connectivity index (χ1n) is 7.53. The van der Waals surface area contributed by atoms with Crippen LogP contribution in [0.3, 0.4) is 0 Å². The number of nitrogens with one attached hydrogen (secondary N) is 2. The Labute approximate surface area is 141 Å². The minimum absolute atomic E-state index is 0.642. The molecule has 23 heavy (non-hydrogen) atoms. The second-order valence-corrected chi connectivity index (χ2v) is 5.89. The summed E-state index contributed by atoms with van der Waals surface area (Å²) in [5.41, 5.74) is 0.938. The number of anilines is 1. The van der Waals surface area contributed by atoms with Crippen molar-refractivity contribution in [1.29, 1.82) is 0 Å². The van der Waals surface area contributed by atoms with E-state index < -0.39 is 0 Å². The summed E-state index contributed by atoms with van der Waals surface area (Å²) < 4.78 is 10.7. The van der Waals surface area contributed by atoms with Gasteiger partial charge in [-0.3, -0.25) is 4.99 Å². The third-order valence-electron chi connectivity index (χ3n) is 3.09. The number of rotatable bonds is 8. The molecule has 1 heterocycles. The summed E-state index contributed by atoms with van der Waals surface area (Å²) in [7, 11) is 3.45. The van der Waals surface area contributed by atoms with Crippen LogP contribution in [0.5, 0.6) is 5.75 Å². The normalized spacial score (nSPS) is 11.3. The molecular formula is C17H23N3O2S. The number of hydrogen-bond acceptors (Lipinski definition) is 4. The van der Waals surface area contributed by atoms with Crippen LogP contribution in [0.25, 0.3) is 0 Å². The maximum atomic E-state index is 5.70. The molecule has 0 aliphatic heterocycles. The lowest BCUT2D eigenvalue weighted by molar-refractivity contribution is 0.172. The molecule has 0 amide bonds. The first kappa shape index (κ1) is 17.3. The Balaban J connectivity index is 1.85. The molecule has 5 nitrogen and oxygen atoms in total. The second-order valence-electron chi connectivity index (χ2n) is 4.85. The third-order valence-corrected chi connectivity index (χ3v) is 3.97. The molecule has 2 aromatic rings. The maximum Gasteiger partial charge on any atom is 0.195 e. The number of benzene rings is 1. The Kier molecular flexibility index (Phi) is 7.42. The molecule has 0 radical (unpaired) electrons. The van der Waals surface area contributed by atoms with Gasteiger partial charge in [-0.05, 0) is 23.6 Å². The highest BCUT2D eigenvalue weighted by molar-refractivity contribution is 7.09. The van der Waals surface area contributed by atoms with Gasteiger partial charge in [0.15, 0.2) is 5.96 Å². The maximum absolute atomic E-state index is 5.70.